The molecule has 0 unspecified atom stereocenters. The molecule has 0 aliphatic carbocycles. The van der Waals surface area contributed by atoms with Gasteiger partial charge < -0.3 is 10.5 Å². The van der Waals surface area contributed by atoms with E-state index in [-0.39, 0.29) is 0 Å². The lowest BCUT2D eigenvalue weighted by atomic mass is 10.3. The van der Waals surface area contributed by atoms with Crippen molar-refractivity contribution in [2.24, 2.45) is 0 Å². The van der Waals surface area contributed by atoms with E-state index in [1.807, 2.05) is 18.2 Å². The van der Waals surface area contributed by atoms with Crippen molar-refractivity contribution in [2.75, 3.05) is 5.73 Å². The summed E-state index contributed by atoms with van der Waals surface area (Å²) in [6.07, 6.45) is 3.11. The van der Waals surface area contributed by atoms with Gasteiger partial charge in [0.2, 0.25) is 0 Å². The standard InChI is InChI=1S/C11H9Br2N3O/c12-8-2-1-3-9(13)11(8)17-6-7-4-16-10(14)5-15-7/h1-5H,6H2,(H2,14,16). The minimum Gasteiger partial charge on any atom is -0.485 e. The molecule has 0 amide bonds. The summed E-state index contributed by atoms with van der Waals surface area (Å²) in [6, 6.07) is 5.74. The third-order valence-corrected chi connectivity index (χ3v) is 3.26. The molecule has 2 aromatic rings. The Morgan fingerprint density at radius 3 is 2.41 bits per heavy atom. The van der Waals surface area contributed by atoms with Crippen molar-refractivity contribution in [3.05, 3.63) is 45.2 Å². The van der Waals surface area contributed by atoms with Crippen LogP contribution < -0.4 is 10.5 Å². The van der Waals surface area contributed by atoms with Gasteiger partial charge in [-0.25, -0.2) is 4.98 Å². The number of para-hydroxylation sites is 1. The van der Waals surface area contributed by atoms with Crippen molar-refractivity contribution in [3.8, 4) is 5.75 Å². The molecule has 1 aromatic heterocycles. The highest BCUT2D eigenvalue weighted by Gasteiger charge is 2.06. The first kappa shape index (κ1) is 12.3. The van der Waals surface area contributed by atoms with Crippen LogP contribution in [-0.4, -0.2) is 9.97 Å². The highest BCUT2D eigenvalue weighted by Crippen LogP contribution is 2.33. The largest absolute Gasteiger partial charge is 0.485 e. The maximum absolute atomic E-state index is 5.66. The van der Waals surface area contributed by atoms with Crippen molar-refractivity contribution in [2.45, 2.75) is 6.61 Å². The number of ether oxygens (including phenoxy) is 1. The highest BCUT2D eigenvalue weighted by atomic mass is 79.9. The molecule has 2 rings (SSSR count). The molecule has 88 valence electrons. The van der Waals surface area contributed by atoms with Gasteiger partial charge in [0.15, 0.2) is 0 Å². The zero-order valence-electron chi connectivity index (χ0n) is 8.73. The third-order valence-electron chi connectivity index (χ3n) is 2.01. The van der Waals surface area contributed by atoms with Crippen LogP contribution in [0.2, 0.25) is 0 Å². The van der Waals surface area contributed by atoms with E-state index in [2.05, 4.69) is 41.8 Å². The summed E-state index contributed by atoms with van der Waals surface area (Å²) in [6.45, 7) is 0.342. The maximum Gasteiger partial charge on any atom is 0.148 e. The monoisotopic (exact) mass is 357 g/mol. The normalized spacial score (nSPS) is 10.2. The molecule has 0 aliphatic rings. The Bertz CT molecular complexity index is 496. The Kier molecular flexibility index (Phi) is 3.96. The van der Waals surface area contributed by atoms with Gasteiger partial charge in [-0.15, -0.1) is 0 Å². The van der Waals surface area contributed by atoms with E-state index in [0.29, 0.717) is 12.4 Å². The Balaban J connectivity index is 2.10. The van der Waals surface area contributed by atoms with Crippen LogP contribution >= 0.6 is 31.9 Å². The van der Waals surface area contributed by atoms with Crippen LogP contribution in [0.1, 0.15) is 5.69 Å². The fourth-order valence-electron chi connectivity index (χ4n) is 1.21. The predicted molar refractivity (Wildman–Crippen MR) is 72.6 cm³/mol. The van der Waals surface area contributed by atoms with Gasteiger partial charge in [0, 0.05) is 0 Å². The summed E-state index contributed by atoms with van der Waals surface area (Å²) in [5.41, 5.74) is 6.18. The Morgan fingerprint density at radius 1 is 1.12 bits per heavy atom. The molecule has 1 heterocycles. The molecular weight excluding hydrogens is 350 g/mol. The van der Waals surface area contributed by atoms with E-state index >= 15 is 0 Å². The van der Waals surface area contributed by atoms with Gasteiger partial charge in [0.1, 0.15) is 18.2 Å². The SMILES string of the molecule is Nc1cnc(COc2c(Br)cccc2Br)cn1. The average molecular weight is 359 g/mol. The third kappa shape index (κ3) is 3.17. The van der Waals surface area contributed by atoms with E-state index in [1.165, 1.54) is 6.20 Å². The summed E-state index contributed by atoms with van der Waals surface area (Å²) >= 11 is 6.84. The van der Waals surface area contributed by atoms with Crippen molar-refractivity contribution in [1.82, 2.24) is 9.97 Å². The number of nitrogen functional groups attached to an aromatic ring is 1. The zero-order valence-corrected chi connectivity index (χ0v) is 11.9. The molecule has 1 aromatic carbocycles. The summed E-state index contributed by atoms with van der Waals surface area (Å²) in [7, 11) is 0. The topological polar surface area (TPSA) is 61.0 Å². The summed E-state index contributed by atoms with van der Waals surface area (Å²) < 4.78 is 7.43. The molecule has 0 atom stereocenters. The second-order valence-corrected chi connectivity index (χ2v) is 4.98. The fourth-order valence-corrected chi connectivity index (χ4v) is 2.43. The predicted octanol–water partition coefficient (Wildman–Crippen LogP) is 3.16. The number of hydrogen-bond acceptors (Lipinski definition) is 4. The number of benzene rings is 1. The molecule has 0 aliphatic heterocycles. The molecule has 4 nitrogen and oxygen atoms in total. The first-order chi connectivity index (χ1) is 8.16. The second kappa shape index (κ2) is 5.46. The minimum absolute atomic E-state index is 0.342. The van der Waals surface area contributed by atoms with Gasteiger partial charge in [0.25, 0.3) is 0 Å². The Hall–Kier alpha value is -1.14. The molecule has 17 heavy (non-hydrogen) atoms. The zero-order chi connectivity index (χ0) is 12.3. The molecule has 0 spiro atoms. The lowest BCUT2D eigenvalue weighted by Crippen LogP contribution is -2.01. The number of nitrogens with zero attached hydrogens (tertiary/aromatic N) is 2. The molecule has 2 N–H and O–H groups in total. The van der Waals surface area contributed by atoms with Gasteiger partial charge >= 0.3 is 0 Å². The minimum atomic E-state index is 0.342. The molecule has 0 saturated heterocycles. The first-order valence-corrected chi connectivity index (χ1v) is 6.38. The van der Waals surface area contributed by atoms with E-state index < -0.39 is 0 Å². The number of nitrogens with two attached hydrogens (primary N) is 1. The quantitative estimate of drug-likeness (QED) is 0.915. The second-order valence-electron chi connectivity index (χ2n) is 3.27. The Labute approximate surface area is 115 Å². The van der Waals surface area contributed by atoms with Gasteiger partial charge in [-0.05, 0) is 44.0 Å². The van der Waals surface area contributed by atoms with Crippen LogP contribution in [0.4, 0.5) is 5.82 Å². The molecule has 0 saturated carbocycles. The number of anilines is 1. The first-order valence-electron chi connectivity index (χ1n) is 4.80. The summed E-state index contributed by atoms with van der Waals surface area (Å²) in [4.78, 5) is 8.06. The van der Waals surface area contributed by atoms with Crippen LogP contribution in [0.15, 0.2) is 39.5 Å². The average Bonchev–Trinajstić information content (AvgIpc) is 2.31. The van der Waals surface area contributed by atoms with Gasteiger partial charge in [-0.2, -0.15) is 0 Å². The summed E-state index contributed by atoms with van der Waals surface area (Å²) in [5.74, 6) is 1.14. The van der Waals surface area contributed by atoms with E-state index in [1.54, 1.807) is 6.20 Å². The molecule has 6 heteroatoms. The number of aromatic nitrogens is 2. The van der Waals surface area contributed by atoms with Crippen LogP contribution in [0.5, 0.6) is 5.75 Å². The van der Waals surface area contributed by atoms with Crippen LogP contribution in [0.3, 0.4) is 0 Å². The van der Waals surface area contributed by atoms with Gasteiger partial charge in [0.05, 0.1) is 27.0 Å². The van der Waals surface area contributed by atoms with Crippen molar-refractivity contribution in [1.29, 1.82) is 0 Å². The van der Waals surface area contributed by atoms with Crippen molar-refractivity contribution in [3.63, 3.8) is 0 Å². The van der Waals surface area contributed by atoms with Crippen LogP contribution in [0, 0.1) is 0 Å². The van der Waals surface area contributed by atoms with Crippen molar-refractivity contribution >= 4 is 37.7 Å². The lowest BCUT2D eigenvalue weighted by molar-refractivity contribution is 0.297. The summed E-state index contributed by atoms with van der Waals surface area (Å²) in [5, 5.41) is 0. The fraction of sp³-hybridized carbons (Fsp3) is 0.0909. The maximum atomic E-state index is 5.66. The van der Waals surface area contributed by atoms with Gasteiger partial charge in [-0.1, -0.05) is 6.07 Å². The van der Waals surface area contributed by atoms with Gasteiger partial charge in [-0.3, -0.25) is 4.98 Å². The van der Waals surface area contributed by atoms with Crippen LogP contribution in [-0.2, 0) is 6.61 Å². The molecule has 0 fully saturated rings. The smallest absolute Gasteiger partial charge is 0.148 e. The Morgan fingerprint density at radius 2 is 1.82 bits per heavy atom. The number of rotatable bonds is 3. The van der Waals surface area contributed by atoms with Crippen molar-refractivity contribution < 1.29 is 4.74 Å². The highest BCUT2D eigenvalue weighted by molar-refractivity contribution is 9.11. The van der Waals surface area contributed by atoms with E-state index in [0.717, 1.165) is 20.4 Å². The number of halogens is 2. The molecular formula is C11H9Br2N3O. The van der Waals surface area contributed by atoms with E-state index in [4.69, 9.17) is 10.5 Å². The lowest BCUT2D eigenvalue weighted by Gasteiger charge is -2.09. The molecule has 0 bridgehead atoms. The number of hydrogen-bond donors (Lipinski definition) is 1. The molecule has 0 radical (unpaired) electrons. The van der Waals surface area contributed by atoms with E-state index in [9.17, 15) is 0 Å². The van der Waals surface area contributed by atoms with Crippen LogP contribution in [0.25, 0.3) is 0 Å².